The summed E-state index contributed by atoms with van der Waals surface area (Å²) in [5.74, 6) is 0.401. The lowest BCUT2D eigenvalue weighted by Gasteiger charge is -2.39. The van der Waals surface area contributed by atoms with Gasteiger partial charge in [0.1, 0.15) is 0 Å². The maximum atomic E-state index is 10.0. The van der Waals surface area contributed by atoms with Gasteiger partial charge in [-0.1, -0.05) is 36.8 Å². The van der Waals surface area contributed by atoms with Crippen molar-refractivity contribution < 1.29 is 5.11 Å². The van der Waals surface area contributed by atoms with Crippen molar-refractivity contribution in [3.8, 4) is 0 Å². The number of aryl methyl sites for hydroxylation is 1. The van der Waals surface area contributed by atoms with Crippen LogP contribution in [-0.4, -0.2) is 35.7 Å². The van der Waals surface area contributed by atoms with Crippen molar-refractivity contribution in [1.29, 1.82) is 0 Å². The molecule has 0 aromatic heterocycles. The Labute approximate surface area is 110 Å². The topological polar surface area (TPSA) is 49.5 Å². The van der Waals surface area contributed by atoms with Gasteiger partial charge in [-0.15, -0.1) is 0 Å². The summed E-state index contributed by atoms with van der Waals surface area (Å²) in [4.78, 5) is 2.31. The fourth-order valence-corrected chi connectivity index (χ4v) is 2.64. The molecule has 1 fully saturated rings. The average Bonchev–Trinajstić information content (AvgIpc) is 2.37. The molecule has 3 unspecified atom stereocenters. The zero-order valence-electron chi connectivity index (χ0n) is 11.3. The molecule has 3 N–H and O–H groups in total. The summed E-state index contributed by atoms with van der Waals surface area (Å²) in [6.07, 6.45) is 0.821. The molecule has 1 saturated heterocycles. The van der Waals surface area contributed by atoms with E-state index in [1.807, 2.05) is 0 Å². The number of benzene rings is 1. The second-order valence-electron chi connectivity index (χ2n) is 5.49. The van der Waals surface area contributed by atoms with Gasteiger partial charge in [0.15, 0.2) is 0 Å². The number of aliphatic hydroxyl groups is 1. The molecule has 1 heterocycles. The maximum Gasteiger partial charge on any atom is 0.0693 e. The number of hydrogen-bond acceptors (Lipinski definition) is 3. The van der Waals surface area contributed by atoms with E-state index >= 15 is 0 Å². The summed E-state index contributed by atoms with van der Waals surface area (Å²) < 4.78 is 0. The number of hydrogen-bond donors (Lipinski definition) is 2. The van der Waals surface area contributed by atoms with E-state index in [4.69, 9.17) is 5.73 Å². The smallest absolute Gasteiger partial charge is 0.0693 e. The van der Waals surface area contributed by atoms with Crippen LogP contribution >= 0.6 is 0 Å². The number of nitrogens with zero attached hydrogens (tertiary/aromatic N) is 1. The van der Waals surface area contributed by atoms with Crippen LogP contribution in [0, 0.1) is 12.8 Å². The first-order valence-corrected chi connectivity index (χ1v) is 6.80. The van der Waals surface area contributed by atoms with Crippen LogP contribution in [0.3, 0.4) is 0 Å². The number of β-amino-alcohol motifs (C(OH)–C–C–N with tert-alkyl or cyclic N) is 1. The lowest BCUT2D eigenvalue weighted by atomic mass is 9.93. The molecule has 1 aromatic carbocycles. The van der Waals surface area contributed by atoms with Crippen LogP contribution in [0.2, 0.25) is 0 Å². The number of nitrogens with two attached hydrogens (primary N) is 1. The number of likely N-dealkylation sites (tertiary alicyclic amines) is 1. The zero-order chi connectivity index (χ0) is 13.1. The van der Waals surface area contributed by atoms with Gasteiger partial charge in [-0.25, -0.2) is 0 Å². The van der Waals surface area contributed by atoms with Crippen LogP contribution in [0.1, 0.15) is 30.5 Å². The van der Waals surface area contributed by atoms with Gasteiger partial charge >= 0.3 is 0 Å². The molecule has 0 amide bonds. The Kier molecular flexibility index (Phi) is 4.38. The number of rotatable bonds is 3. The van der Waals surface area contributed by atoms with E-state index in [1.165, 1.54) is 11.1 Å². The van der Waals surface area contributed by atoms with E-state index in [1.54, 1.807) is 0 Å². The first kappa shape index (κ1) is 13.5. The van der Waals surface area contributed by atoms with Gasteiger partial charge in [-0.3, -0.25) is 4.90 Å². The third-order valence-corrected chi connectivity index (χ3v) is 4.08. The van der Waals surface area contributed by atoms with E-state index in [-0.39, 0.29) is 12.1 Å². The quantitative estimate of drug-likeness (QED) is 0.856. The predicted octanol–water partition coefficient (Wildman–Crippen LogP) is 1.70. The molecule has 1 aromatic rings. The number of piperidine rings is 1. The highest BCUT2D eigenvalue weighted by molar-refractivity contribution is 5.24. The van der Waals surface area contributed by atoms with Gasteiger partial charge in [-0.2, -0.15) is 0 Å². The molecule has 1 aliphatic rings. The van der Waals surface area contributed by atoms with E-state index < -0.39 is 0 Å². The van der Waals surface area contributed by atoms with Crippen LogP contribution in [0.5, 0.6) is 0 Å². The first-order chi connectivity index (χ1) is 8.61. The predicted molar refractivity (Wildman–Crippen MR) is 74.3 cm³/mol. The van der Waals surface area contributed by atoms with Crippen LogP contribution in [0.4, 0.5) is 0 Å². The molecule has 0 spiro atoms. The number of aliphatic hydroxyl groups excluding tert-OH is 1. The van der Waals surface area contributed by atoms with E-state index in [2.05, 4.69) is 43.0 Å². The fourth-order valence-electron chi connectivity index (χ4n) is 2.64. The third-order valence-electron chi connectivity index (χ3n) is 4.08. The monoisotopic (exact) mass is 248 g/mol. The molecule has 0 bridgehead atoms. The lowest BCUT2D eigenvalue weighted by molar-refractivity contribution is 0.0111. The van der Waals surface area contributed by atoms with Gasteiger partial charge in [0.2, 0.25) is 0 Å². The fraction of sp³-hybridized carbons (Fsp3) is 0.600. The van der Waals surface area contributed by atoms with Crippen LogP contribution < -0.4 is 5.73 Å². The van der Waals surface area contributed by atoms with Gasteiger partial charge < -0.3 is 10.8 Å². The summed E-state index contributed by atoms with van der Waals surface area (Å²) in [5.41, 5.74) is 8.45. The van der Waals surface area contributed by atoms with Gasteiger partial charge in [0, 0.05) is 19.1 Å². The second-order valence-corrected chi connectivity index (χ2v) is 5.49. The summed E-state index contributed by atoms with van der Waals surface area (Å²) in [5, 5.41) is 10.0. The molecule has 18 heavy (non-hydrogen) atoms. The molecular formula is C15H24N2O. The van der Waals surface area contributed by atoms with Gasteiger partial charge in [0.05, 0.1) is 6.10 Å². The minimum Gasteiger partial charge on any atom is -0.392 e. The largest absolute Gasteiger partial charge is 0.392 e. The molecule has 3 nitrogen and oxygen atoms in total. The average molecular weight is 248 g/mol. The Balaban J connectivity index is 2.11. The highest BCUT2D eigenvalue weighted by Gasteiger charge is 2.28. The Morgan fingerprint density at radius 1 is 1.39 bits per heavy atom. The summed E-state index contributed by atoms with van der Waals surface area (Å²) in [6, 6.07) is 8.78. The minimum atomic E-state index is -0.224. The molecule has 0 saturated carbocycles. The Hall–Kier alpha value is -0.900. The van der Waals surface area contributed by atoms with Crippen LogP contribution in [0.15, 0.2) is 24.3 Å². The second kappa shape index (κ2) is 5.83. The Morgan fingerprint density at radius 2 is 2.06 bits per heavy atom. The van der Waals surface area contributed by atoms with Gasteiger partial charge in [-0.05, 0) is 31.4 Å². The highest BCUT2D eigenvalue weighted by Crippen LogP contribution is 2.26. The minimum absolute atomic E-state index is 0.224. The third kappa shape index (κ3) is 2.91. The van der Waals surface area contributed by atoms with Crippen LogP contribution in [-0.2, 0) is 0 Å². The van der Waals surface area contributed by atoms with E-state index in [9.17, 15) is 5.11 Å². The molecule has 1 aliphatic heterocycles. The van der Waals surface area contributed by atoms with Crippen LogP contribution in [0.25, 0.3) is 0 Å². The summed E-state index contributed by atoms with van der Waals surface area (Å²) in [6.45, 7) is 6.56. The highest BCUT2D eigenvalue weighted by atomic mass is 16.3. The van der Waals surface area contributed by atoms with Crippen molar-refractivity contribution in [2.24, 2.45) is 11.7 Å². The summed E-state index contributed by atoms with van der Waals surface area (Å²) in [7, 11) is 0. The van der Waals surface area contributed by atoms with Crippen molar-refractivity contribution >= 4 is 0 Å². The van der Waals surface area contributed by atoms with Crippen molar-refractivity contribution in [3.05, 3.63) is 35.4 Å². The maximum absolute atomic E-state index is 10.0. The summed E-state index contributed by atoms with van der Waals surface area (Å²) >= 11 is 0. The SMILES string of the molecule is Cc1ccc(C(CN)N2CCC(C)C(O)C2)cc1. The van der Waals surface area contributed by atoms with Gasteiger partial charge in [0.25, 0.3) is 0 Å². The van der Waals surface area contributed by atoms with E-state index in [0.717, 1.165) is 19.5 Å². The van der Waals surface area contributed by atoms with Crippen molar-refractivity contribution in [2.75, 3.05) is 19.6 Å². The molecular weight excluding hydrogens is 224 g/mol. The van der Waals surface area contributed by atoms with Crippen molar-refractivity contribution in [1.82, 2.24) is 4.90 Å². The molecule has 0 aliphatic carbocycles. The standard InChI is InChI=1S/C15H24N2O/c1-11-3-5-13(6-4-11)14(9-16)17-8-7-12(2)15(18)10-17/h3-6,12,14-15,18H,7-10,16H2,1-2H3. The molecule has 3 atom stereocenters. The van der Waals surface area contributed by atoms with E-state index in [0.29, 0.717) is 12.5 Å². The first-order valence-electron chi connectivity index (χ1n) is 6.80. The molecule has 2 rings (SSSR count). The van der Waals surface area contributed by atoms with Crippen molar-refractivity contribution in [3.63, 3.8) is 0 Å². The Bertz CT molecular complexity index is 377. The van der Waals surface area contributed by atoms with Crippen molar-refractivity contribution in [2.45, 2.75) is 32.4 Å². The zero-order valence-corrected chi connectivity index (χ0v) is 11.3. The normalized spacial score (nSPS) is 27.1. The molecule has 100 valence electrons. The molecule has 3 heteroatoms. The molecule has 0 radical (unpaired) electrons. The lowest BCUT2D eigenvalue weighted by Crippen LogP contribution is -2.46. The Morgan fingerprint density at radius 3 is 2.61 bits per heavy atom.